The van der Waals surface area contributed by atoms with Crippen molar-refractivity contribution in [3.05, 3.63) is 23.9 Å². The number of hydrogen-bond donors (Lipinski definition) is 0. The van der Waals surface area contributed by atoms with E-state index in [2.05, 4.69) is 5.10 Å². The van der Waals surface area contributed by atoms with E-state index in [4.69, 9.17) is 9.47 Å². The highest BCUT2D eigenvalue weighted by Gasteiger charge is 2.21. The third-order valence-corrected chi connectivity index (χ3v) is 3.22. The van der Waals surface area contributed by atoms with Gasteiger partial charge in [-0.3, -0.25) is 4.68 Å². The molecule has 0 spiro atoms. The van der Waals surface area contributed by atoms with E-state index in [-0.39, 0.29) is 6.09 Å². The Labute approximate surface area is 130 Å². The lowest BCUT2D eigenvalue weighted by Crippen LogP contribution is -2.33. The molecule has 0 atom stereocenters. The van der Waals surface area contributed by atoms with Crippen LogP contribution in [-0.4, -0.2) is 40.5 Å². The standard InChI is InChI=1S/C16H23N3O3/c1-16(2,3)22-15(20)18(4)10-12-11-8-7-9-13(21-6)14(11)19(5)17-12/h7-9H,10H2,1-6H3. The molecule has 1 heterocycles. The van der Waals surface area contributed by atoms with E-state index in [0.717, 1.165) is 22.3 Å². The van der Waals surface area contributed by atoms with Gasteiger partial charge in [-0.25, -0.2) is 4.79 Å². The molecule has 120 valence electrons. The summed E-state index contributed by atoms with van der Waals surface area (Å²) in [7, 11) is 5.20. The molecule has 6 heteroatoms. The van der Waals surface area contributed by atoms with Gasteiger partial charge in [0.25, 0.3) is 0 Å². The molecule has 0 aliphatic heterocycles. The number of methoxy groups -OCH3 is 1. The molecule has 0 bridgehead atoms. The first-order valence-electron chi connectivity index (χ1n) is 7.15. The van der Waals surface area contributed by atoms with Crippen LogP contribution in [0.5, 0.6) is 5.75 Å². The predicted molar refractivity (Wildman–Crippen MR) is 85.0 cm³/mol. The van der Waals surface area contributed by atoms with Crippen molar-refractivity contribution >= 4 is 17.0 Å². The molecule has 0 aliphatic rings. The molecule has 0 saturated carbocycles. The van der Waals surface area contributed by atoms with Crippen LogP contribution >= 0.6 is 0 Å². The molecule has 2 aromatic rings. The van der Waals surface area contributed by atoms with Gasteiger partial charge in [0.1, 0.15) is 16.9 Å². The van der Waals surface area contributed by atoms with E-state index in [1.54, 1.807) is 18.8 Å². The predicted octanol–water partition coefficient (Wildman–Crippen LogP) is 2.95. The van der Waals surface area contributed by atoms with E-state index < -0.39 is 5.60 Å². The number of ether oxygens (including phenoxy) is 2. The van der Waals surface area contributed by atoms with Crippen molar-refractivity contribution in [3.63, 3.8) is 0 Å². The molecule has 0 saturated heterocycles. The summed E-state index contributed by atoms with van der Waals surface area (Å²) >= 11 is 0. The van der Waals surface area contributed by atoms with Gasteiger partial charge in [0, 0.05) is 19.5 Å². The van der Waals surface area contributed by atoms with Crippen molar-refractivity contribution in [1.82, 2.24) is 14.7 Å². The lowest BCUT2D eigenvalue weighted by molar-refractivity contribution is 0.0283. The number of aromatic nitrogens is 2. The maximum Gasteiger partial charge on any atom is 0.410 e. The third kappa shape index (κ3) is 3.32. The van der Waals surface area contributed by atoms with Crippen molar-refractivity contribution in [2.45, 2.75) is 32.9 Å². The molecule has 1 aromatic heterocycles. The number of nitrogens with zero attached hydrogens (tertiary/aromatic N) is 3. The van der Waals surface area contributed by atoms with Gasteiger partial charge in [-0.1, -0.05) is 12.1 Å². The van der Waals surface area contributed by atoms with Crippen molar-refractivity contribution in [1.29, 1.82) is 0 Å². The highest BCUT2D eigenvalue weighted by Crippen LogP contribution is 2.28. The second kappa shape index (κ2) is 5.87. The highest BCUT2D eigenvalue weighted by molar-refractivity contribution is 5.87. The van der Waals surface area contributed by atoms with Crippen LogP contribution in [0.25, 0.3) is 10.9 Å². The fourth-order valence-corrected chi connectivity index (χ4v) is 2.28. The molecule has 1 amide bonds. The fraction of sp³-hybridized carbons (Fsp3) is 0.500. The summed E-state index contributed by atoms with van der Waals surface area (Å²) in [4.78, 5) is 13.6. The largest absolute Gasteiger partial charge is 0.494 e. The number of benzene rings is 1. The molecule has 6 nitrogen and oxygen atoms in total. The van der Waals surface area contributed by atoms with Gasteiger partial charge >= 0.3 is 6.09 Å². The molecule has 0 aliphatic carbocycles. The Bertz CT molecular complexity index is 686. The number of fused-ring (bicyclic) bond motifs is 1. The number of para-hydroxylation sites is 1. The van der Waals surface area contributed by atoms with E-state index in [0.29, 0.717) is 6.54 Å². The van der Waals surface area contributed by atoms with Gasteiger partial charge < -0.3 is 14.4 Å². The molecule has 0 fully saturated rings. The molecular formula is C16H23N3O3. The number of hydrogen-bond acceptors (Lipinski definition) is 4. The van der Waals surface area contributed by atoms with Crippen molar-refractivity contribution in [2.24, 2.45) is 7.05 Å². The maximum atomic E-state index is 12.1. The van der Waals surface area contributed by atoms with Crippen molar-refractivity contribution in [3.8, 4) is 5.75 Å². The summed E-state index contributed by atoms with van der Waals surface area (Å²) in [6.07, 6.45) is -0.366. The van der Waals surface area contributed by atoms with Crippen molar-refractivity contribution < 1.29 is 14.3 Å². The second-order valence-corrected chi connectivity index (χ2v) is 6.26. The lowest BCUT2D eigenvalue weighted by Gasteiger charge is -2.24. The first-order chi connectivity index (χ1) is 10.2. The smallest absolute Gasteiger partial charge is 0.410 e. The second-order valence-electron chi connectivity index (χ2n) is 6.26. The normalized spacial score (nSPS) is 11.5. The zero-order valence-electron chi connectivity index (χ0n) is 14.0. The summed E-state index contributed by atoms with van der Waals surface area (Å²) in [5.41, 5.74) is 1.21. The molecule has 0 unspecified atom stereocenters. The van der Waals surface area contributed by atoms with E-state index in [1.807, 2.05) is 46.0 Å². The molecule has 0 radical (unpaired) electrons. The number of rotatable bonds is 3. The summed E-state index contributed by atoms with van der Waals surface area (Å²) in [5.74, 6) is 0.763. The van der Waals surface area contributed by atoms with E-state index in [1.165, 1.54) is 4.90 Å². The van der Waals surface area contributed by atoms with Crippen LogP contribution in [0.3, 0.4) is 0 Å². The highest BCUT2D eigenvalue weighted by atomic mass is 16.6. The zero-order valence-corrected chi connectivity index (χ0v) is 14.0. The zero-order chi connectivity index (χ0) is 16.5. The summed E-state index contributed by atoms with van der Waals surface area (Å²) in [5, 5.41) is 5.47. The number of amides is 1. The quantitative estimate of drug-likeness (QED) is 0.875. The average molecular weight is 305 g/mol. The van der Waals surface area contributed by atoms with Gasteiger partial charge in [0.15, 0.2) is 0 Å². The van der Waals surface area contributed by atoms with Crippen molar-refractivity contribution in [2.75, 3.05) is 14.2 Å². The minimum Gasteiger partial charge on any atom is -0.494 e. The van der Waals surface area contributed by atoms with E-state index >= 15 is 0 Å². The van der Waals surface area contributed by atoms with Crippen LogP contribution in [0, 0.1) is 0 Å². The molecular weight excluding hydrogens is 282 g/mol. The monoisotopic (exact) mass is 305 g/mol. The molecule has 0 N–H and O–H groups in total. The topological polar surface area (TPSA) is 56.6 Å². The number of aryl methyl sites for hydroxylation is 1. The maximum absolute atomic E-state index is 12.1. The van der Waals surface area contributed by atoms with E-state index in [9.17, 15) is 4.79 Å². The van der Waals surface area contributed by atoms with Crippen LogP contribution in [0.15, 0.2) is 18.2 Å². The van der Waals surface area contributed by atoms with Crippen LogP contribution in [0.1, 0.15) is 26.5 Å². The van der Waals surface area contributed by atoms with Gasteiger partial charge in [0.05, 0.1) is 19.3 Å². The minimum atomic E-state index is -0.513. The van der Waals surface area contributed by atoms with Crippen LogP contribution in [0.2, 0.25) is 0 Å². The summed E-state index contributed by atoms with van der Waals surface area (Å²) < 4.78 is 12.5. The van der Waals surface area contributed by atoms with Crippen LogP contribution < -0.4 is 4.74 Å². The number of carbonyl (C=O) groups excluding carboxylic acids is 1. The first kappa shape index (κ1) is 16.1. The summed E-state index contributed by atoms with van der Waals surface area (Å²) in [6, 6.07) is 5.79. The Balaban J connectivity index is 2.27. The minimum absolute atomic E-state index is 0.366. The van der Waals surface area contributed by atoms with Crippen LogP contribution in [-0.2, 0) is 18.3 Å². The van der Waals surface area contributed by atoms with Gasteiger partial charge in [-0.2, -0.15) is 5.10 Å². The molecule has 2 rings (SSSR count). The van der Waals surface area contributed by atoms with Gasteiger partial charge in [0.2, 0.25) is 0 Å². The Hall–Kier alpha value is -2.24. The average Bonchev–Trinajstić information content (AvgIpc) is 2.73. The fourth-order valence-electron chi connectivity index (χ4n) is 2.28. The van der Waals surface area contributed by atoms with Gasteiger partial charge in [-0.15, -0.1) is 0 Å². The Morgan fingerprint density at radius 2 is 2.05 bits per heavy atom. The molecule has 22 heavy (non-hydrogen) atoms. The molecule has 1 aromatic carbocycles. The lowest BCUT2D eigenvalue weighted by atomic mass is 10.2. The number of carbonyl (C=O) groups is 1. The third-order valence-electron chi connectivity index (χ3n) is 3.22. The Kier molecular flexibility index (Phi) is 4.30. The first-order valence-corrected chi connectivity index (χ1v) is 7.15. The van der Waals surface area contributed by atoms with Crippen LogP contribution in [0.4, 0.5) is 4.79 Å². The SMILES string of the molecule is COc1cccc2c(CN(C)C(=O)OC(C)(C)C)nn(C)c12. The Morgan fingerprint density at radius 1 is 1.36 bits per heavy atom. The Morgan fingerprint density at radius 3 is 2.64 bits per heavy atom. The van der Waals surface area contributed by atoms with Gasteiger partial charge in [-0.05, 0) is 26.8 Å². The summed E-state index contributed by atoms with van der Waals surface area (Å²) in [6.45, 7) is 5.92.